The second-order valence-corrected chi connectivity index (χ2v) is 5.63. The molecule has 1 saturated carbocycles. The summed E-state index contributed by atoms with van der Waals surface area (Å²) in [7, 11) is 1.70. The molecular weight excluding hydrogens is 262 g/mol. The van der Waals surface area contributed by atoms with Crippen LogP contribution in [0.5, 0.6) is 5.75 Å². The van der Waals surface area contributed by atoms with Gasteiger partial charge in [0.05, 0.1) is 6.61 Å². The number of hydrogen-bond donors (Lipinski definition) is 1. The maximum Gasteiger partial charge on any atom is 0.134 e. The van der Waals surface area contributed by atoms with E-state index in [1.54, 1.807) is 7.11 Å². The number of ether oxygens (including phenoxy) is 2. The molecule has 1 fully saturated rings. The van der Waals surface area contributed by atoms with Crippen LogP contribution in [0.3, 0.4) is 0 Å². The van der Waals surface area contributed by atoms with E-state index in [1.807, 2.05) is 26.0 Å². The van der Waals surface area contributed by atoms with Crippen LogP contribution in [0, 0.1) is 13.8 Å². The monoisotopic (exact) mass is 283 g/mol. The Hall–Kier alpha value is -0.770. The Balaban J connectivity index is 1.98. The Morgan fingerprint density at radius 3 is 2.47 bits per heavy atom. The van der Waals surface area contributed by atoms with Gasteiger partial charge in [0.15, 0.2) is 0 Å². The molecule has 3 nitrogen and oxygen atoms in total. The predicted octanol–water partition coefficient (Wildman–Crippen LogP) is 3.10. The molecule has 1 N–H and O–H groups in total. The second kappa shape index (κ2) is 6.60. The van der Waals surface area contributed by atoms with Crippen molar-refractivity contribution in [2.75, 3.05) is 20.3 Å². The molecule has 0 heterocycles. The van der Waals surface area contributed by atoms with Crippen molar-refractivity contribution in [1.29, 1.82) is 0 Å². The Morgan fingerprint density at radius 1 is 1.32 bits per heavy atom. The molecule has 0 spiro atoms. The first-order chi connectivity index (χ1) is 9.10. The Bertz CT molecular complexity index is 409. The zero-order valence-corrected chi connectivity index (χ0v) is 12.6. The summed E-state index contributed by atoms with van der Waals surface area (Å²) >= 11 is 6.17. The van der Waals surface area contributed by atoms with Crippen LogP contribution in [-0.4, -0.2) is 32.4 Å². The number of hydrogen-bond acceptors (Lipinski definition) is 3. The van der Waals surface area contributed by atoms with Crippen LogP contribution >= 0.6 is 11.6 Å². The molecular formula is C15H22ClNO2. The second-order valence-electron chi connectivity index (χ2n) is 5.25. The van der Waals surface area contributed by atoms with Crippen LogP contribution in [0.2, 0.25) is 5.02 Å². The molecule has 0 aromatic heterocycles. The quantitative estimate of drug-likeness (QED) is 0.834. The van der Waals surface area contributed by atoms with Gasteiger partial charge in [-0.15, -0.1) is 0 Å². The molecule has 1 aromatic carbocycles. The van der Waals surface area contributed by atoms with Crippen LogP contribution in [0.15, 0.2) is 12.1 Å². The first-order valence-corrected chi connectivity index (χ1v) is 7.13. The third-order valence-electron chi connectivity index (χ3n) is 3.28. The summed E-state index contributed by atoms with van der Waals surface area (Å²) in [6, 6.07) is 4.64. The lowest BCUT2D eigenvalue weighted by Crippen LogP contribution is -2.35. The summed E-state index contributed by atoms with van der Waals surface area (Å²) < 4.78 is 11.2. The molecule has 1 unspecified atom stereocenters. The smallest absolute Gasteiger partial charge is 0.134 e. The van der Waals surface area contributed by atoms with Crippen molar-refractivity contribution in [3.05, 3.63) is 28.3 Å². The van der Waals surface area contributed by atoms with Crippen molar-refractivity contribution in [3.8, 4) is 5.75 Å². The molecule has 1 aliphatic carbocycles. The van der Waals surface area contributed by atoms with E-state index in [1.165, 1.54) is 12.8 Å². The fraction of sp³-hybridized carbons (Fsp3) is 0.600. The van der Waals surface area contributed by atoms with Crippen molar-refractivity contribution < 1.29 is 9.47 Å². The maximum atomic E-state index is 6.17. The van der Waals surface area contributed by atoms with Crippen molar-refractivity contribution in [2.45, 2.75) is 38.8 Å². The van der Waals surface area contributed by atoms with Crippen molar-refractivity contribution in [1.82, 2.24) is 5.32 Å². The minimum absolute atomic E-state index is 0.0329. The van der Waals surface area contributed by atoms with Crippen LogP contribution in [0.25, 0.3) is 0 Å². The minimum Gasteiger partial charge on any atom is -0.487 e. The lowest BCUT2D eigenvalue weighted by atomic mass is 10.1. The molecule has 0 aliphatic heterocycles. The summed E-state index contributed by atoms with van der Waals surface area (Å²) in [6.07, 6.45) is 2.59. The molecule has 1 aliphatic rings. The number of halogens is 1. The SMILES string of the molecule is COCC(CNC1CC1)Oc1cc(C)c(Cl)c(C)c1. The molecule has 0 radical (unpaired) electrons. The van der Waals surface area contributed by atoms with Gasteiger partial charge in [0.25, 0.3) is 0 Å². The Labute approximate surface area is 120 Å². The highest BCUT2D eigenvalue weighted by atomic mass is 35.5. The lowest BCUT2D eigenvalue weighted by molar-refractivity contribution is 0.0803. The van der Waals surface area contributed by atoms with E-state index in [4.69, 9.17) is 21.1 Å². The molecule has 1 aromatic rings. The van der Waals surface area contributed by atoms with Gasteiger partial charge >= 0.3 is 0 Å². The number of methoxy groups -OCH3 is 1. The Morgan fingerprint density at radius 2 is 1.95 bits per heavy atom. The normalized spacial score (nSPS) is 16.4. The predicted molar refractivity (Wildman–Crippen MR) is 78.2 cm³/mol. The standard InChI is InChI=1S/C15H22ClNO2/c1-10-6-13(7-11(2)15(10)16)19-14(9-18-3)8-17-12-4-5-12/h6-7,12,14,17H,4-5,8-9H2,1-3H3. The van der Waals surface area contributed by atoms with E-state index >= 15 is 0 Å². The summed E-state index contributed by atoms with van der Waals surface area (Å²) in [5.41, 5.74) is 2.09. The average Bonchev–Trinajstić information content (AvgIpc) is 3.17. The van der Waals surface area contributed by atoms with Crippen molar-refractivity contribution in [2.24, 2.45) is 0 Å². The van der Waals surface area contributed by atoms with E-state index in [-0.39, 0.29) is 6.10 Å². The molecule has 19 heavy (non-hydrogen) atoms. The first kappa shape index (κ1) is 14.6. The van der Waals surface area contributed by atoms with Crippen LogP contribution < -0.4 is 10.1 Å². The zero-order valence-electron chi connectivity index (χ0n) is 11.8. The van der Waals surface area contributed by atoms with E-state index in [2.05, 4.69) is 5.32 Å². The van der Waals surface area contributed by atoms with Gasteiger partial charge in [-0.1, -0.05) is 11.6 Å². The van der Waals surface area contributed by atoms with Crippen molar-refractivity contribution in [3.63, 3.8) is 0 Å². The molecule has 0 bridgehead atoms. The highest BCUT2D eigenvalue weighted by Gasteiger charge is 2.22. The van der Waals surface area contributed by atoms with Gasteiger partial charge in [0, 0.05) is 24.7 Å². The summed E-state index contributed by atoms with van der Waals surface area (Å²) in [6.45, 7) is 5.39. The van der Waals surface area contributed by atoms with E-state index in [0.717, 1.165) is 28.4 Å². The topological polar surface area (TPSA) is 30.5 Å². The average molecular weight is 284 g/mol. The molecule has 0 amide bonds. The molecule has 2 rings (SSSR count). The maximum absolute atomic E-state index is 6.17. The first-order valence-electron chi connectivity index (χ1n) is 6.76. The van der Waals surface area contributed by atoms with Gasteiger partial charge in [-0.05, 0) is 49.9 Å². The largest absolute Gasteiger partial charge is 0.487 e. The molecule has 1 atom stereocenters. The summed E-state index contributed by atoms with van der Waals surface area (Å²) in [4.78, 5) is 0. The van der Waals surface area contributed by atoms with E-state index in [9.17, 15) is 0 Å². The molecule has 4 heteroatoms. The fourth-order valence-electron chi connectivity index (χ4n) is 2.07. The number of rotatable bonds is 7. The third-order valence-corrected chi connectivity index (χ3v) is 3.87. The van der Waals surface area contributed by atoms with Gasteiger partial charge in [-0.2, -0.15) is 0 Å². The summed E-state index contributed by atoms with van der Waals surface area (Å²) in [5.74, 6) is 0.860. The van der Waals surface area contributed by atoms with Crippen LogP contribution in [0.4, 0.5) is 0 Å². The number of benzene rings is 1. The van der Waals surface area contributed by atoms with Crippen molar-refractivity contribution >= 4 is 11.6 Å². The van der Waals surface area contributed by atoms with Crippen LogP contribution in [-0.2, 0) is 4.74 Å². The molecule has 0 saturated heterocycles. The van der Waals surface area contributed by atoms with Gasteiger partial charge in [-0.3, -0.25) is 0 Å². The van der Waals surface area contributed by atoms with Gasteiger partial charge < -0.3 is 14.8 Å². The van der Waals surface area contributed by atoms with Gasteiger partial charge in [0.1, 0.15) is 11.9 Å². The lowest BCUT2D eigenvalue weighted by Gasteiger charge is -2.20. The van der Waals surface area contributed by atoms with Crippen LogP contribution in [0.1, 0.15) is 24.0 Å². The fourth-order valence-corrected chi connectivity index (χ4v) is 2.18. The molecule has 106 valence electrons. The summed E-state index contributed by atoms with van der Waals surface area (Å²) in [5, 5.41) is 4.28. The highest BCUT2D eigenvalue weighted by Crippen LogP contribution is 2.26. The zero-order chi connectivity index (χ0) is 13.8. The minimum atomic E-state index is 0.0329. The number of nitrogens with one attached hydrogen (secondary N) is 1. The number of aryl methyl sites for hydroxylation is 2. The highest BCUT2D eigenvalue weighted by molar-refractivity contribution is 6.32. The third kappa shape index (κ3) is 4.37. The van der Waals surface area contributed by atoms with Gasteiger partial charge in [0.2, 0.25) is 0 Å². The van der Waals surface area contributed by atoms with E-state index in [0.29, 0.717) is 12.6 Å². The van der Waals surface area contributed by atoms with Gasteiger partial charge in [-0.25, -0.2) is 0 Å². The Kier molecular flexibility index (Phi) is 5.08. The van der Waals surface area contributed by atoms with E-state index < -0.39 is 0 Å².